The molecule has 0 saturated heterocycles. The lowest BCUT2D eigenvalue weighted by Crippen LogP contribution is -2.36. The molecule has 3 rings (SSSR count). The largest absolute Gasteiger partial charge is 0.351 e. The van der Waals surface area contributed by atoms with Gasteiger partial charge in [-0.05, 0) is 35.9 Å². The maximum Gasteiger partial charge on any atom is 0.234 e. The highest BCUT2D eigenvalue weighted by molar-refractivity contribution is 6.30. The third-order valence-electron chi connectivity index (χ3n) is 4.33. The van der Waals surface area contributed by atoms with Crippen molar-refractivity contribution in [1.29, 1.82) is 0 Å². The van der Waals surface area contributed by atoms with Crippen LogP contribution in [0.25, 0.3) is 10.9 Å². The second kappa shape index (κ2) is 8.79. The zero-order chi connectivity index (χ0) is 18.4. The molecular weight excluding hydrogens is 346 g/mol. The van der Waals surface area contributed by atoms with Gasteiger partial charge in [-0.3, -0.25) is 14.7 Å². The van der Waals surface area contributed by atoms with Crippen LogP contribution in [0.15, 0.2) is 60.8 Å². The van der Waals surface area contributed by atoms with Crippen molar-refractivity contribution in [2.24, 2.45) is 0 Å². The predicted octanol–water partition coefficient (Wildman–Crippen LogP) is 4.03. The third-order valence-corrected chi connectivity index (χ3v) is 4.58. The fourth-order valence-corrected chi connectivity index (χ4v) is 3.00. The van der Waals surface area contributed by atoms with E-state index in [0.717, 1.165) is 28.6 Å². The number of para-hydroxylation sites is 1. The molecule has 3 aromatic rings. The van der Waals surface area contributed by atoms with Gasteiger partial charge in [0.05, 0.1) is 12.1 Å². The summed E-state index contributed by atoms with van der Waals surface area (Å²) in [4.78, 5) is 18.9. The van der Waals surface area contributed by atoms with Crippen LogP contribution in [-0.4, -0.2) is 28.9 Å². The lowest BCUT2D eigenvalue weighted by Gasteiger charge is -2.20. The number of aromatic nitrogens is 1. The number of nitrogens with zero attached hydrogens (tertiary/aromatic N) is 2. The minimum absolute atomic E-state index is 0.00926. The average Bonchev–Trinajstić information content (AvgIpc) is 2.67. The average molecular weight is 368 g/mol. The monoisotopic (exact) mass is 367 g/mol. The number of fused-ring (bicyclic) bond motifs is 1. The van der Waals surface area contributed by atoms with Crippen molar-refractivity contribution < 1.29 is 4.79 Å². The van der Waals surface area contributed by atoms with Gasteiger partial charge < -0.3 is 5.32 Å². The Kier molecular flexibility index (Phi) is 6.21. The number of pyridine rings is 1. The number of likely N-dealkylation sites (N-methyl/N-ethyl adjacent to an activating group) is 1. The summed E-state index contributed by atoms with van der Waals surface area (Å²) < 4.78 is 0. The molecule has 0 fully saturated rings. The summed E-state index contributed by atoms with van der Waals surface area (Å²) in [7, 11) is 0. The van der Waals surface area contributed by atoms with Gasteiger partial charge >= 0.3 is 0 Å². The highest BCUT2D eigenvalue weighted by atomic mass is 35.5. The summed E-state index contributed by atoms with van der Waals surface area (Å²) in [6.07, 6.45) is 1.81. The Labute approximate surface area is 158 Å². The van der Waals surface area contributed by atoms with Crippen LogP contribution in [0.3, 0.4) is 0 Å². The predicted molar refractivity (Wildman–Crippen MR) is 106 cm³/mol. The molecular formula is C21H22ClN3O. The van der Waals surface area contributed by atoms with E-state index in [-0.39, 0.29) is 5.91 Å². The second-order valence-corrected chi connectivity index (χ2v) is 6.64. The van der Waals surface area contributed by atoms with Crippen molar-refractivity contribution in [1.82, 2.24) is 15.2 Å². The van der Waals surface area contributed by atoms with E-state index in [0.29, 0.717) is 24.7 Å². The van der Waals surface area contributed by atoms with E-state index < -0.39 is 0 Å². The maximum atomic E-state index is 12.3. The number of halogens is 1. The van der Waals surface area contributed by atoms with Crippen molar-refractivity contribution in [3.8, 4) is 0 Å². The van der Waals surface area contributed by atoms with Crippen LogP contribution < -0.4 is 5.32 Å². The molecule has 0 aliphatic heterocycles. The summed E-state index contributed by atoms with van der Waals surface area (Å²) in [5.74, 6) is 0.00926. The number of amides is 1. The van der Waals surface area contributed by atoms with Crippen LogP contribution in [0, 0.1) is 0 Å². The van der Waals surface area contributed by atoms with Crippen LogP contribution >= 0.6 is 11.6 Å². The molecule has 0 atom stereocenters. The van der Waals surface area contributed by atoms with Crippen LogP contribution in [0.1, 0.15) is 18.1 Å². The SMILES string of the molecule is CCN(CC(=O)NCc1ccc(Cl)cc1)Cc1cccc2cccnc12. The molecule has 0 aliphatic rings. The zero-order valence-electron chi connectivity index (χ0n) is 14.8. The van der Waals surface area contributed by atoms with E-state index in [1.165, 1.54) is 0 Å². The highest BCUT2D eigenvalue weighted by Gasteiger charge is 2.11. The number of benzene rings is 2. The number of rotatable bonds is 7. The van der Waals surface area contributed by atoms with Gasteiger partial charge in [0.15, 0.2) is 0 Å². The van der Waals surface area contributed by atoms with Crippen LogP contribution in [-0.2, 0) is 17.9 Å². The second-order valence-electron chi connectivity index (χ2n) is 6.20. The van der Waals surface area contributed by atoms with Gasteiger partial charge in [-0.2, -0.15) is 0 Å². The molecule has 0 radical (unpaired) electrons. The fourth-order valence-electron chi connectivity index (χ4n) is 2.88. The molecule has 4 nitrogen and oxygen atoms in total. The van der Waals surface area contributed by atoms with Crippen molar-refractivity contribution >= 4 is 28.4 Å². The van der Waals surface area contributed by atoms with Gasteiger partial charge in [-0.15, -0.1) is 0 Å². The highest BCUT2D eigenvalue weighted by Crippen LogP contribution is 2.17. The van der Waals surface area contributed by atoms with Gasteiger partial charge in [0.2, 0.25) is 5.91 Å². The number of hydrogen-bond acceptors (Lipinski definition) is 3. The van der Waals surface area contributed by atoms with Gasteiger partial charge in [-0.1, -0.05) is 54.9 Å². The Morgan fingerprint density at radius 2 is 1.88 bits per heavy atom. The van der Waals surface area contributed by atoms with Gasteiger partial charge in [0.1, 0.15) is 0 Å². The molecule has 134 valence electrons. The van der Waals surface area contributed by atoms with Crippen LogP contribution in [0.4, 0.5) is 0 Å². The van der Waals surface area contributed by atoms with E-state index in [1.54, 1.807) is 6.20 Å². The van der Waals surface area contributed by atoms with E-state index in [1.807, 2.05) is 36.4 Å². The summed E-state index contributed by atoms with van der Waals surface area (Å²) in [5, 5.41) is 4.78. The lowest BCUT2D eigenvalue weighted by atomic mass is 10.1. The fraction of sp³-hybridized carbons (Fsp3) is 0.238. The first-order chi connectivity index (χ1) is 12.7. The molecule has 0 aliphatic carbocycles. The third kappa shape index (κ3) is 4.81. The molecule has 2 aromatic carbocycles. The van der Waals surface area contributed by atoms with Crippen molar-refractivity contribution in [2.45, 2.75) is 20.0 Å². The number of hydrogen-bond donors (Lipinski definition) is 1. The molecule has 1 heterocycles. The van der Waals surface area contributed by atoms with E-state index in [2.05, 4.69) is 40.3 Å². The summed E-state index contributed by atoms with van der Waals surface area (Å²) in [5.41, 5.74) is 3.16. The van der Waals surface area contributed by atoms with E-state index in [9.17, 15) is 4.79 Å². The van der Waals surface area contributed by atoms with Gasteiger partial charge in [0.25, 0.3) is 0 Å². The molecule has 1 N–H and O–H groups in total. The molecule has 5 heteroatoms. The summed E-state index contributed by atoms with van der Waals surface area (Å²) in [6, 6.07) is 17.7. The molecule has 0 unspecified atom stereocenters. The Hall–Kier alpha value is -2.43. The number of carbonyl (C=O) groups is 1. The van der Waals surface area contributed by atoms with Crippen LogP contribution in [0.2, 0.25) is 5.02 Å². The Bertz CT molecular complexity index is 875. The molecule has 1 aromatic heterocycles. The Morgan fingerprint density at radius 1 is 1.12 bits per heavy atom. The minimum atomic E-state index is 0.00926. The van der Waals surface area contributed by atoms with Crippen molar-refractivity contribution in [3.63, 3.8) is 0 Å². The first kappa shape index (κ1) is 18.4. The van der Waals surface area contributed by atoms with Crippen LogP contribution in [0.5, 0.6) is 0 Å². The smallest absolute Gasteiger partial charge is 0.234 e. The minimum Gasteiger partial charge on any atom is -0.351 e. The van der Waals surface area contributed by atoms with Crippen molar-refractivity contribution in [2.75, 3.05) is 13.1 Å². The topological polar surface area (TPSA) is 45.2 Å². The first-order valence-electron chi connectivity index (χ1n) is 8.72. The molecule has 0 bridgehead atoms. The molecule has 0 spiro atoms. The van der Waals surface area contributed by atoms with E-state index in [4.69, 9.17) is 11.6 Å². The maximum absolute atomic E-state index is 12.3. The van der Waals surface area contributed by atoms with Gasteiger partial charge in [-0.25, -0.2) is 0 Å². The molecule has 26 heavy (non-hydrogen) atoms. The Morgan fingerprint density at radius 3 is 2.65 bits per heavy atom. The quantitative estimate of drug-likeness (QED) is 0.685. The Balaban J connectivity index is 1.60. The normalized spacial score (nSPS) is 11.0. The first-order valence-corrected chi connectivity index (χ1v) is 9.09. The van der Waals surface area contributed by atoms with E-state index >= 15 is 0 Å². The van der Waals surface area contributed by atoms with Gasteiger partial charge in [0, 0.05) is 29.7 Å². The number of carbonyl (C=O) groups excluding carboxylic acids is 1. The van der Waals surface area contributed by atoms with Crippen molar-refractivity contribution in [3.05, 3.63) is 76.9 Å². The standard InChI is InChI=1S/C21H22ClN3O/c1-2-25(14-18-6-3-5-17-7-4-12-23-21(17)18)15-20(26)24-13-16-8-10-19(22)11-9-16/h3-12H,2,13-15H2,1H3,(H,24,26). The summed E-state index contributed by atoms with van der Waals surface area (Å²) in [6.45, 7) is 4.40. The summed E-state index contributed by atoms with van der Waals surface area (Å²) >= 11 is 5.88. The molecule has 0 saturated carbocycles. The number of nitrogens with one attached hydrogen (secondary N) is 1. The molecule has 1 amide bonds. The lowest BCUT2D eigenvalue weighted by molar-refractivity contribution is -0.122. The zero-order valence-corrected chi connectivity index (χ0v) is 15.5.